The van der Waals surface area contributed by atoms with Crippen LogP contribution in [0.1, 0.15) is 24.3 Å². The number of H-pyrrole nitrogens is 1. The van der Waals surface area contributed by atoms with E-state index in [4.69, 9.17) is 0 Å². The maximum Gasteiger partial charge on any atom is 0.147 e. The molecule has 0 radical (unpaired) electrons. The third kappa shape index (κ3) is 2.36. The zero-order valence-corrected chi connectivity index (χ0v) is 12.4. The summed E-state index contributed by atoms with van der Waals surface area (Å²) in [6.07, 6.45) is 5.48. The SMILES string of the molecule is C=S(C)(=O)N1CCC(c2c[nH]c3c(F)cccc23)CC1. The lowest BCUT2D eigenvalue weighted by Crippen LogP contribution is -2.36. The minimum atomic E-state index is -2.10. The first-order valence-corrected chi connectivity index (χ1v) is 8.89. The molecule has 5 heteroatoms. The molecule has 0 bridgehead atoms. The van der Waals surface area contributed by atoms with E-state index in [1.54, 1.807) is 12.3 Å². The van der Waals surface area contributed by atoms with Gasteiger partial charge in [-0.15, -0.1) is 0 Å². The number of fused-ring (bicyclic) bond motifs is 1. The van der Waals surface area contributed by atoms with Crippen molar-refractivity contribution in [2.45, 2.75) is 18.8 Å². The Bertz CT molecular complexity index is 727. The molecule has 0 spiro atoms. The lowest BCUT2D eigenvalue weighted by molar-refractivity contribution is 0.335. The third-order valence-corrected chi connectivity index (χ3v) is 5.59. The first kappa shape index (κ1) is 13.6. The average molecular weight is 294 g/mol. The van der Waals surface area contributed by atoms with Crippen LogP contribution in [0.4, 0.5) is 4.39 Å². The van der Waals surface area contributed by atoms with Crippen molar-refractivity contribution >= 4 is 26.5 Å². The predicted molar refractivity (Wildman–Crippen MR) is 83.0 cm³/mol. The molecule has 1 N–H and O–H groups in total. The van der Waals surface area contributed by atoms with E-state index in [1.807, 2.05) is 16.6 Å². The van der Waals surface area contributed by atoms with Gasteiger partial charge in [-0.1, -0.05) is 12.1 Å². The Morgan fingerprint density at radius 2 is 2.10 bits per heavy atom. The first-order chi connectivity index (χ1) is 9.47. The molecule has 1 fully saturated rings. The Labute approximate surface area is 118 Å². The van der Waals surface area contributed by atoms with Crippen LogP contribution < -0.4 is 0 Å². The second kappa shape index (κ2) is 4.90. The number of nitrogens with zero attached hydrogens (tertiary/aromatic N) is 1. The zero-order valence-electron chi connectivity index (χ0n) is 11.6. The van der Waals surface area contributed by atoms with Crippen molar-refractivity contribution in [3.63, 3.8) is 0 Å². The van der Waals surface area contributed by atoms with Crippen LogP contribution in [0.15, 0.2) is 24.4 Å². The molecule has 2 aromatic rings. The van der Waals surface area contributed by atoms with Crippen LogP contribution in [0.5, 0.6) is 0 Å². The molecule has 0 saturated carbocycles. The molecule has 1 aromatic heterocycles. The quantitative estimate of drug-likeness (QED) is 0.850. The molecule has 0 amide bonds. The number of halogens is 1. The van der Waals surface area contributed by atoms with Crippen LogP contribution in [-0.2, 0) is 9.71 Å². The van der Waals surface area contributed by atoms with Gasteiger partial charge in [0, 0.05) is 40.6 Å². The molecule has 2 heterocycles. The monoisotopic (exact) mass is 294 g/mol. The Balaban J connectivity index is 1.86. The average Bonchev–Trinajstić information content (AvgIpc) is 2.83. The highest BCUT2D eigenvalue weighted by atomic mass is 32.2. The van der Waals surface area contributed by atoms with Crippen molar-refractivity contribution in [3.05, 3.63) is 35.8 Å². The number of piperidine rings is 1. The van der Waals surface area contributed by atoms with Crippen LogP contribution in [0.3, 0.4) is 0 Å². The van der Waals surface area contributed by atoms with Gasteiger partial charge in [0.1, 0.15) is 5.82 Å². The van der Waals surface area contributed by atoms with Gasteiger partial charge in [-0.25, -0.2) is 8.70 Å². The number of rotatable bonds is 2. The minimum absolute atomic E-state index is 0.208. The standard InChI is InChI=1S/C15H19FN2OS/c1-20(2,19)18-8-6-11(7-9-18)13-10-17-15-12(13)4-3-5-14(15)16/h3-5,10-11,17H,1,6-9H2,2H3. The number of para-hydroxylation sites is 1. The maximum atomic E-state index is 13.7. The molecule has 1 saturated heterocycles. The van der Waals surface area contributed by atoms with Gasteiger partial charge in [-0.2, -0.15) is 0 Å². The number of hydrogen-bond donors (Lipinski definition) is 1. The van der Waals surface area contributed by atoms with E-state index >= 15 is 0 Å². The molecule has 3 rings (SSSR count). The molecule has 1 atom stereocenters. The number of hydrogen-bond acceptors (Lipinski definition) is 1. The van der Waals surface area contributed by atoms with Crippen molar-refractivity contribution in [1.82, 2.24) is 9.29 Å². The smallest absolute Gasteiger partial charge is 0.147 e. The van der Waals surface area contributed by atoms with E-state index in [-0.39, 0.29) is 5.82 Å². The summed E-state index contributed by atoms with van der Waals surface area (Å²) in [5.41, 5.74) is 1.76. The summed E-state index contributed by atoms with van der Waals surface area (Å²) in [5.74, 6) is 3.93. The number of nitrogens with one attached hydrogen (secondary N) is 1. The van der Waals surface area contributed by atoms with Gasteiger partial charge < -0.3 is 4.98 Å². The summed E-state index contributed by atoms with van der Waals surface area (Å²) in [5, 5.41) is 0.968. The molecule has 0 aliphatic carbocycles. The summed E-state index contributed by atoms with van der Waals surface area (Å²) < 4.78 is 27.6. The van der Waals surface area contributed by atoms with Crippen LogP contribution >= 0.6 is 0 Å². The zero-order chi connectivity index (χ0) is 14.3. The van der Waals surface area contributed by atoms with Gasteiger partial charge in [-0.05, 0) is 36.3 Å². The van der Waals surface area contributed by atoms with Crippen LogP contribution in [0.25, 0.3) is 10.9 Å². The highest BCUT2D eigenvalue weighted by Gasteiger charge is 2.25. The van der Waals surface area contributed by atoms with Crippen molar-refractivity contribution in [1.29, 1.82) is 0 Å². The van der Waals surface area contributed by atoms with Crippen molar-refractivity contribution in [2.24, 2.45) is 0 Å². The maximum absolute atomic E-state index is 13.7. The highest BCUT2D eigenvalue weighted by Crippen LogP contribution is 2.34. The molecule has 1 unspecified atom stereocenters. The van der Waals surface area contributed by atoms with E-state index in [1.165, 1.54) is 11.6 Å². The Kier molecular flexibility index (Phi) is 3.34. The summed E-state index contributed by atoms with van der Waals surface area (Å²) in [4.78, 5) is 3.04. The lowest BCUT2D eigenvalue weighted by Gasteiger charge is -2.32. The van der Waals surface area contributed by atoms with Crippen LogP contribution in [0.2, 0.25) is 0 Å². The van der Waals surface area contributed by atoms with Gasteiger partial charge in [0.2, 0.25) is 0 Å². The number of benzene rings is 1. The molecular weight excluding hydrogens is 275 g/mol. The summed E-state index contributed by atoms with van der Waals surface area (Å²) in [7, 11) is -2.10. The van der Waals surface area contributed by atoms with Gasteiger partial charge in [0.15, 0.2) is 0 Å². The van der Waals surface area contributed by atoms with E-state index < -0.39 is 9.71 Å². The molecule has 20 heavy (non-hydrogen) atoms. The fourth-order valence-electron chi connectivity index (χ4n) is 3.03. The number of aromatic amines is 1. The Hall–Kier alpha value is -1.33. The van der Waals surface area contributed by atoms with Gasteiger partial charge in [0.05, 0.1) is 5.52 Å². The van der Waals surface area contributed by atoms with E-state index in [9.17, 15) is 8.60 Å². The second-order valence-corrected chi connectivity index (χ2v) is 8.00. The molecule has 108 valence electrons. The minimum Gasteiger partial charge on any atom is -0.359 e. The van der Waals surface area contributed by atoms with E-state index in [2.05, 4.69) is 10.9 Å². The van der Waals surface area contributed by atoms with Crippen molar-refractivity contribution in [2.75, 3.05) is 19.3 Å². The first-order valence-electron chi connectivity index (χ1n) is 6.79. The second-order valence-electron chi connectivity index (χ2n) is 5.57. The Morgan fingerprint density at radius 1 is 1.40 bits per heavy atom. The summed E-state index contributed by atoms with van der Waals surface area (Å²) >= 11 is 0. The van der Waals surface area contributed by atoms with E-state index in [0.717, 1.165) is 31.3 Å². The van der Waals surface area contributed by atoms with Crippen molar-refractivity contribution in [3.8, 4) is 0 Å². The molecular formula is C15H19FN2OS. The van der Waals surface area contributed by atoms with Crippen molar-refractivity contribution < 1.29 is 8.60 Å². The largest absolute Gasteiger partial charge is 0.359 e. The third-order valence-electron chi connectivity index (χ3n) is 4.14. The van der Waals surface area contributed by atoms with Gasteiger partial charge in [0.25, 0.3) is 0 Å². The normalized spacial score (nSPS) is 21.1. The predicted octanol–water partition coefficient (Wildman–Crippen LogP) is 2.75. The Morgan fingerprint density at radius 3 is 2.75 bits per heavy atom. The molecule has 1 aliphatic heterocycles. The summed E-state index contributed by atoms with van der Waals surface area (Å²) in [6, 6.07) is 5.18. The van der Waals surface area contributed by atoms with E-state index in [0.29, 0.717) is 11.4 Å². The van der Waals surface area contributed by atoms with Gasteiger partial charge in [-0.3, -0.25) is 4.21 Å². The van der Waals surface area contributed by atoms with Gasteiger partial charge >= 0.3 is 0 Å². The fraction of sp³-hybridized carbons (Fsp3) is 0.400. The summed E-state index contributed by atoms with van der Waals surface area (Å²) in [6.45, 7) is 1.57. The highest BCUT2D eigenvalue weighted by molar-refractivity contribution is 7.97. The number of aromatic nitrogens is 1. The molecule has 1 aromatic carbocycles. The van der Waals surface area contributed by atoms with Crippen LogP contribution in [0, 0.1) is 5.82 Å². The lowest BCUT2D eigenvalue weighted by atomic mass is 9.90. The molecule has 3 nitrogen and oxygen atoms in total. The topological polar surface area (TPSA) is 36.1 Å². The van der Waals surface area contributed by atoms with Crippen LogP contribution in [-0.4, -0.2) is 38.7 Å². The molecule has 1 aliphatic rings. The fourth-order valence-corrected chi connectivity index (χ4v) is 4.01.